The molecule has 1 aliphatic rings. The maximum atomic E-state index is 13.3. The van der Waals surface area contributed by atoms with Crippen LogP contribution < -0.4 is 10.6 Å². The van der Waals surface area contributed by atoms with Gasteiger partial charge in [0.05, 0.1) is 12.5 Å². The van der Waals surface area contributed by atoms with E-state index in [0.717, 1.165) is 42.5 Å². The SMILES string of the molecule is Cc1ccc(NC(=O)N2CCCCCCNC(=O)CC2c2ccccc2)cc1C. The van der Waals surface area contributed by atoms with Crippen LogP contribution >= 0.6 is 0 Å². The molecule has 3 amide bonds. The number of hydrogen-bond acceptors (Lipinski definition) is 2. The lowest BCUT2D eigenvalue weighted by atomic mass is 10.0. The number of rotatable bonds is 2. The number of amides is 3. The van der Waals surface area contributed by atoms with Crippen LogP contribution in [0.25, 0.3) is 0 Å². The lowest BCUT2D eigenvalue weighted by molar-refractivity contribution is -0.122. The lowest BCUT2D eigenvalue weighted by Gasteiger charge is -2.32. The summed E-state index contributed by atoms with van der Waals surface area (Å²) in [5, 5.41) is 6.05. The van der Waals surface area contributed by atoms with Gasteiger partial charge < -0.3 is 15.5 Å². The van der Waals surface area contributed by atoms with Gasteiger partial charge in [-0.15, -0.1) is 0 Å². The lowest BCUT2D eigenvalue weighted by Crippen LogP contribution is -2.41. The fourth-order valence-electron chi connectivity index (χ4n) is 3.73. The molecule has 0 aliphatic carbocycles. The van der Waals surface area contributed by atoms with Gasteiger partial charge in [-0.25, -0.2) is 4.79 Å². The monoisotopic (exact) mass is 393 g/mol. The summed E-state index contributed by atoms with van der Waals surface area (Å²) in [6.07, 6.45) is 4.28. The number of urea groups is 1. The Balaban J connectivity index is 1.88. The van der Waals surface area contributed by atoms with Gasteiger partial charge in [0.1, 0.15) is 0 Å². The number of nitrogens with one attached hydrogen (secondary N) is 2. The van der Waals surface area contributed by atoms with Crippen molar-refractivity contribution in [3.05, 3.63) is 65.2 Å². The molecule has 0 saturated carbocycles. The molecule has 2 aromatic carbocycles. The van der Waals surface area contributed by atoms with E-state index < -0.39 is 0 Å². The van der Waals surface area contributed by atoms with Crippen molar-refractivity contribution in [3.63, 3.8) is 0 Å². The Morgan fingerprint density at radius 2 is 1.76 bits per heavy atom. The Kier molecular flexibility index (Phi) is 7.28. The van der Waals surface area contributed by atoms with E-state index in [1.807, 2.05) is 60.4 Å². The zero-order chi connectivity index (χ0) is 20.6. The highest BCUT2D eigenvalue weighted by molar-refractivity contribution is 5.90. The van der Waals surface area contributed by atoms with Gasteiger partial charge in [-0.3, -0.25) is 4.79 Å². The molecule has 0 bridgehead atoms. The first kappa shape index (κ1) is 20.9. The summed E-state index contributed by atoms with van der Waals surface area (Å²) in [5.74, 6) is -0.00951. The minimum atomic E-state index is -0.291. The first-order valence-corrected chi connectivity index (χ1v) is 10.5. The van der Waals surface area contributed by atoms with Crippen molar-refractivity contribution in [1.82, 2.24) is 10.2 Å². The molecule has 1 saturated heterocycles. The molecule has 29 heavy (non-hydrogen) atoms. The van der Waals surface area contributed by atoms with E-state index in [9.17, 15) is 9.59 Å². The van der Waals surface area contributed by atoms with Gasteiger partial charge >= 0.3 is 6.03 Å². The predicted molar refractivity (Wildman–Crippen MR) is 117 cm³/mol. The molecule has 5 nitrogen and oxygen atoms in total. The minimum absolute atomic E-state index is 0.00951. The van der Waals surface area contributed by atoms with Crippen molar-refractivity contribution >= 4 is 17.6 Å². The van der Waals surface area contributed by atoms with Crippen molar-refractivity contribution in [2.24, 2.45) is 0 Å². The molecule has 0 aromatic heterocycles. The highest BCUT2D eigenvalue weighted by atomic mass is 16.2. The van der Waals surface area contributed by atoms with Crippen molar-refractivity contribution < 1.29 is 9.59 Å². The summed E-state index contributed by atoms with van der Waals surface area (Å²) in [7, 11) is 0. The van der Waals surface area contributed by atoms with Crippen LogP contribution in [0.4, 0.5) is 10.5 Å². The van der Waals surface area contributed by atoms with Gasteiger partial charge in [-0.2, -0.15) is 0 Å². The molecule has 1 heterocycles. The van der Waals surface area contributed by atoms with E-state index in [4.69, 9.17) is 0 Å². The number of anilines is 1. The summed E-state index contributed by atoms with van der Waals surface area (Å²) in [5.41, 5.74) is 4.09. The second kappa shape index (κ2) is 10.1. The van der Waals surface area contributed by atoms with Crippen molar-refractivity contribution in [2.45, 2.75) is 52.0 Å². The molecule has 1 fully saturated rings. The van der Waals surface area contributed by atoms with Crippen LogP contribution in [0.3, 0.4) is 0 Å². The zero-order valence-corrected chi connectivity index (χ0v) is 17.4. The third kappa shape index (κ3) is 5.83. The summed E-state index contributed by atoms with van der Waals surface area (Å²) in [6, 6.07) is 15.3. The van der Waals surface area contributed by atoms with Gasteiger partial charge in [-0.05, 0) is 55.5 Å². The van der Waals surface area contributed by atoms with Crippen LogP contribution in [0.1, 0.15) is 54.8 Å². The molecule has 1 unspecified atom stereocenters. The van der Waals surface area contributed by atoms with E-state index in [2.05, 4.69) is 17.6 Å². The van der Waals surface area contributed by atoms with Gasteiger partial charge in [-0.1, -0.05) is 49.2 Å². The average Bonchev–Trinajstić information content (AvgIpc) is 2.76. The summed E-state index contributed by atoms with van der Waals surface area (Å²) in [6.45, 7) is 5.42. The molecule has 2 aromatic rings. The Morgan fingerprint density at radius 1 is 1.00 bits per heavy atom. The van der Waals surface area contributed by atoms with Gasteiger partial charge in [0, 0.05) is 18.8 Å². The fourth-order valence-corrected chi connectivity index (χ4v) is 3.73. The van der Waals surface area contributed by atoms with Crippen LogP contribution in [0.2, 0.25) is 0 Å². The topological polar surface area (TPSA) is 61.4 Å². The molecule has 3 rings (SSSR count). The first-order chi connectivity index (χ1) is 14.0. The largest absolute Gasteiger partial charge is 0.356 e. The number of nitrogens with zero attached hydrogens (tertiary/aromatic N) is 1. The van der Waals surface area contributed by atoms with E-state index in [-0.39, 0.29) is 24.4 Å². The maximum absolute atomic E-state index is 13.3. The first-order valence-electron chi connectivity index (χ1n) is 10.5. The maximum Gasteiger partial charge on any atom is 0.322 e. The Hall–Kier alpha value is -2.82. The highest BCUT2D eigenvalue weighted by Gasteiger charge is 2.27. The molecule has 5 heteroatoms. The molecule has 154 valence electrons. The van der Waals surface area contributed by atoms with Crippen LogP contribution in [0.15, 0.2) is 48.5 Å². The minimum Gasteiger partial charge on any atom is -0.356 e. The number of carbonyl (C=O) groups excluding carboxylic acids is 2. The van der Waals surface area contributed by atoms with Crippen molar-refractivity contribution in [3.8, 4) is 0 Å². The summed E-state index contributed by atoms with van der Waals surface area (Å²) in [4.78, 5) is 27.7. The smallest absolute Gasteiger partial charge is 0.322 e. The number of aryl methyl sites for hydroxylation is 2. The van der Waals surface area contributed by atoms with Crippen LogP contribution in [-0.2, 0) is 4.79 Å². The molecular weight excluding hydrogens is 362 g/mol. The zero-order valence-electron chi connectivity index (χ0n) is 17.4. The third-order valence-electron chi connectivity index (χ3n) is 5.61. The van der Waals surface area contributed by atoms with Gasteiger partial charge in [0.2, 0.25) is 5.91 Å². The molecule has 1 atom stereocenters. The fraction of sp³-hybridized carbons (Fsp3) is 0.417. The summed E-state index contributed by atoms with van der Waals surface area (Å²) >= 11 is 0. The number of carbonyl (C=O) groups is 2. The quantitative estimate of drug-likeness (QED) is 0.758. The molecule has 0 radical (unpaired) electrons. The Bertz CT molecular complexity index is 835. The van der Waals surface area contributed by atoms with E-state index >= 15 is 0 Å². The standard InChI is InChI=1S/C24H31N3O2/c1-18-12-13-21(16-19(18)2)26-24(29)27-15-9-4-3-8-14-25-23(28)17-22(27)20-10-6-5-7-11-20/h5-7,10-13,16,22H,3-4,8-9,14-15,17H2,1-2H3,(H,25,28)(H,26,29). The van der Waals surface area contributed by atoms with Gasteiger partial charge in [0.15, 0.2) is 0 Å². The molecule has 2 N–H and O–H groups in total. The Morgan fingerprint density at radius 3 is 2.52 bits per heavy atom. The number of benzene rings is 2. The molecular formula is C24H31N3O2. The van der Waals surface area contributed by atoms with E-state index in [0.29, 0.717) is 13.1 Å². The van der Waals surface area contributed by atoms with Crippen molar-refractivity contribution in [2.75, 3.05) is 18.4 Å². The van der Waals surface area contributed by atoms with Crippen LogP contribution in [0, 0.1) is 13.8 Å². The van der Waals surface area contributed by atoms with Crippen molar-refractivity contribution in [1.29, 1.82) is 0 Å². The average molecular weight is 394 g/mol. The summed E-state index contributed by atoms with van der Waals surface area (Å²) < 4.78 is 0. The van der Waals surface area contributed by atoms with Crippen LogP contribution in [0.5, 0.6) is 0 Å². The molecule has 0 spiro atoms. The number of hydrogen-bond donors (Lipinski definition) is 2. The second-order valence-corrected chi connectivity index (χ2v) is 7.82. The van der Waals surface area contributed by atoms with E-state index in [1.54, 1.807) is 0 Å². The van der Waals surface area contributed by atoms with Gasteiger partial charge in [0.25, 0.3) is 0 Å². The molecule has 1 aliphatic heterocycles. The highest BCUT2D eigenvalue weighted by Crippen LogP contribution is 2.27. The second-order valence-electron chi connectivity index (χ2n) is 7.82. The van der Waals surface area contributed by atoms with Crippen LogP contribution in [-0.4, -0.2) is 29.9 Å². The third-order valence-corrected chi connectivity index (χ3v) is 5.61. The predicted octanol–water partition coefficient (Wildman–Crippen LogP) is 4.96. The normalized spacial score (nSPS) is 18.5. The Labute approximate surface area is 173 Å². The van der Waals surface area contributed by atoms with E-state index in [1.165, 1.54) is 5.56 Å².